The maximum absolute atomic E-state index is 11.8. The highest BCUT2D eigenvalue weighted by atomic mass is 16.5. The minimum atomic E-state index is -0.00942. The van der Waals surface area contributed by atoms with Gasteiger partial charge in [0.25, 0.3) is 0 Å². The van der Waals surface area contributed by atoms with Crippen molar-refractivity contribution < 1.29 is 9.53 Å². The van der Waals surface area contributed by atoms with Gasteiger partial charge < -0.3 is 15.4 Å². The first-order chi connectivity index (χ1) is 11.2. The average molecular weight is 315 g/mol. The van der Waals surface area contributed by atoms with E-state index in [0.717, 1.165) is 42.9 Å². The molecule has 0 bridgehead atoms. The van der Waals surface area contributed by atoms with Crippen LogP contribution in [0, 0.1) is 6.92 Å². The lowest BCUT2D eigenvalue weighted by Gasteiger charge is -2.36. The molecule has 4 rings (SSSR count). The van der Waals surface area contributed by atoms with Gasteiger partial charge in [-0.25, -0.2) is 9.50 Å². The maximum atomic E-state index is 11.8. The van der Waals surface area contributed by atoms with Crippen molar-refractivity contribution in [1.82, 2.24) is 19.9 Å². The highest BCUT2D eigenvalue weighted by Crippen LogP contribution is 2.25. The number of piperidine rings is 1. The molecule has 0 aliphatic carbocycles. The number of carbonyl (C=O) groups excluding carboxylic acids is 1. The lowest BCUT2D eigenvalue weighted by Crippen LogP contribution is -2.56. The summed E-state index contributed by atoms with van der Waals surface area (Å²) in [5.41, 5.74) is 1.90. The van der Waals surface area contributed by atoms with E-state index in [2.05, 4.69) is 20.7 Å². The van der Waals surface area contributed by atoms with E-state index in [-0.39, 0.29) is 24.1 Å². The number of hydrogen-bond acceptors (Lipinski definition) is 5. The number of anilines is 1. The quantitative estimate of drug-likeness (QED) is 0.892. The normalized spacial score (nSPS) is 28.0. The molecular formula is C16H21N5O2. The molecule has 0 spiro atoms. The van der Waals surface area contributed by atoms with Gasteiger partial charge in [-0.15, -0.1) is 0 Å². The van der Waals surface area contributed by atoms with E-state index in [1.54, 1.807) is 6.20 Å². The fraction of sp³-hybridized carbons (Fsp3) is 0.562. The third-order valence-corrected chi connectivity index (χ3v) is 4.64. The molecule has 1 unspecified atom stereocenters. The number of amides is 1. The molecule has 1 amide bonds. The topological polar surface area (TPSA) is 80.5 Å². The Morgan fingerprint density at radius 3 is 3.17 bits per heavy atom. The summed E-state index contributed by atoms with van der Waals surface area (Å²) >= 11 is 0. The van der Waals surface area contributed by atoms with E-state index in [9.17, 15) is 4.79 Å². The molecule has 2 fully saturated rings. The van der Waals surface area contributed by atoms with Crippen molar-refractivity contribution in [2.75, 3.05) is 11.9 Å². The van der Waals surface area contributed by atoms with Crippen LogP contribution >= 0.6 is 0 Å². The van der Waals surface area contributed by atoms with Crippen molar-refractivity contribution in [3.63, 3.8) is 0 Å². The Morgan fingerprint density at radius 2 is 2.35 bits per heavy atom. The predicted octanol–water partition coefficient (Wildman–Crippen LogP) is 1.28. The molecule has 0 radical (unpaired) electrons. The molecule has 122 valence electrons. The van der Waals surface area contributed by atoms with Crippen LogP contribution < -0.4 is 10.6 Å². The summed E-state index contributed by atoms with van der Waals surface area (Å²) < 4.78 is 7.63. The molecule has 2 aliphatic heterocycles. The molecule has 0 aromatic carbocycles. The molecule has 7 nitrogen and oxygen atoms in total. The number of nitrogens with zero attached hydrogens (tertiary/aromatic N) is 3. The maximum Gasteiger partial charge on any atom is 0.220 e. The molecule has 2 aromatic rings. The number of aryl methyl sites for hydroxylation is 1. The first kappa shape index (κ1) is 14.4. The Hall–Kier alpha value is -2.15. The van der Waals surface area contributed by atoms with E-state index in [1.807, 2.05) is 23.7 Å². The Morgan fingerprint density at radius 1 is 1.43 bits per heavy atom. The second-order valence-corrected chi connectivity index (χ2v) is 6.33. The first-order valence-electron chi connectivity index (χ1n) is 8.19. The van der Waals surface area contributed by atoms with Crippen LogP contribution in [0.4, 0.5) is 5.82 Å². The standard InChI is InChI=1S/C16H21N5O2/c1-10-9-12-16(17-6-7-21(12)20-10)18-11-4-5-14(22)19-15(11)13-3-2-8-23-13/h6-7,9,11,13,15H,2-5,8H2,1H3,(H,17,18)(H,19,22)/t11-,13?,15-/m0/s1. The van der Waals surface area contributed by atoms with Gasteiger partial charge in [0.15, 0.2) is 5.82 Å². The molecule has 2 N–H and O–H groups in total. The number of nitrogens with one attached hydrogen (secondary N) is 2. The number of fused-ring (bicyclic) bond motifs is 1. The summed E-state index contributed by atoms with van der Waals surface area (Å²) in [6, 6.07) is 2.12. The second kappa shape index (κ2) is 5.81. The third-order valence-electron chi connectivity index (χ3n) is 4.64. The summed E-state index contributed by atoms with van der Waals surface area (Å²) in [6.45, 7) is 2.74. The molecular weight excluding hydrogens is 294 g/mol. The highest BCUT2D eigenvalue weighted by molar-refractivity contribution is 5.78. The molecule has 2 aliphatic rings. The number of rotatable bonds is 3. The molecule has 4 heterocycles. The largest absolute Gasteiger partial charge is 0.376 e. The molecule has 2 saturated heterocycles. The molecule has 0 saturated carbocycles. The van der Waals surface area contributed by atoms with Crippen LogP contribution in [0.5, 0.6) is 0 Å². The monoisotopic (exact) mass is 315 g/mol. The second-order valence-electron chi connectivity index (χ2n) is 6.33. The van der Waals surface area contributed by atoms with Crippen LogP contribution in [0.25, 0.3) is 5.52 Å². The van der Waals surface area contributed by atoms with E-state index in [4.69, 9.17) is 4.74 Å². The number of carbonyl (C=O) groups is 1. The van der Waals surface area contributed by atoms with Crippen molar-refractivity contribution in [3.8, 4) is 0 Å². The Kier molecular flexibility index (Phi) is 3.65. The van der Waals surface area contributed by atoms with Crippen LogP contribution in [0.2, 0.25) is 0 Å². The van der Waals surface area contributed by atoms with E-state index in [0.29, 0.717) is 6.42 Å². The molecule has 7 heteroatoms. The van der Waals surface area contributed by atoms with E-state index in [1.165, 1.54) is 0 Å². The zero-order valence-electron chi connectivity index (χ0n) is 13.2. The first-order valence-corrected chi connectivity index (χ1v) is 8.19. The smallest absolute Gasteiger partial charge is 0.220 e. The van der Waals surface area contributed by atoms with Crippen molar-refractivity contribution in [2.45, 2.75) is 50.8 Å². The minimum absolute atomic E-state index is 0.00942. The lowest BCUT2D eigenvalue weighted by molar-refractivity contribution is -0.124. The van der Waals surface area contributed by atoms with Gasteiger partial charge >= 0.3 is 0 Å². The zero-order chi connectivity index (χ0) is 15.8. The molecule has 23 heavy (non-hydrogen) atoms. The minimum Gasteiger partial charge on any atom is -0.376 e. The number of hydrogen-bond donors (Lipinski definition) is 2. The van der Waals surface area contributed by atoms with Crippen LogP contribution in [-0.4, -0.2) is 45.3 Å². The van der Waals surface area contributed by atoms with Crippen LogP contribution in [0.15, 0.2) is 18.5 Å². The predicted molar refractivity (Wildman–Crippen MR) is 85.3 cm³/mol. The van der Waals surface area contributed by atoms with Gasteiger partial charge in [-0.2, -0.15) is 5.10 Å². The van der Waals surface area contributed by atoms with E-state index < -0.39 is 0 Å². The number of aromatic nitrogens is 3. The lowest BCUT2D eigenvalue weighted by atomic mass is 9.92. The SMILES string of the molecule is Cc1cc2c(N[C@H]3CCC(=O)N[C@@H]3C3CCCO3)nccn2n1. The Bertz CT molecular complexity index is 722. The van der Waals surface area contributed by atoms with Crippen LogP contribution in [0.3, 0.4) is 0 Å². The summed E-state index contributed by atoms with van der Waals surface area (Å²) in [5.74, 6) is 0.909. The van der Waals surface area contributed by atoms with Crippen LogP contribution in [0.1, 0.15) is 31.4 Å². The zero-order valence-corrected chi connectivity index (χ0v) is 13.2. The average Bonchev–Trinajstić information content (AvgIpc) is 3.18. The highest BCUT2D eigenvalue weighted by Gasteiger charge is 2.37. The van der Waals surface area contributed by atoms with Gasteiger partial charge in [-0.1, -0.05) is 0 Å². The number of ether oxygens (including phenoxy) is 1. The summed E-state index contributed by atoms with van der Waals surface area (Å²) in [7, 11) is 0. The van der Waals surface area contributed by atoms with Gasteiger partial charge in [0.1, 0.15) is 5.52 Å². The van der Waals surface area contributed by atoms with Crippen molar-refractivity contribution in [1.29, 1.82) is 0 Å². The van der Waals surface area contributed by atoms with Gasteiger partial charge in [-0.3, -0.25) is 4.79 Å². The molecule has 3 atom stereocenters. The van der Waals surface area contributed by atoms with Gasteiger partial charge in [0.05, 0.1) is 23.9 Å². The Labute approximate surface area is 134 Å². The summed E-state index contributed by atoms with van der Waals surface area (Å²) in [6.07, 6.45) is 7.03. The van der Waals surface area contributed by atoms with Crippen molar-refractivity contribution >= 4 is 17.2 Å². The van der Waals surface area contributed by atoms with Gasteiger partial charge in [0.2, 0.25) is 5.91 Å². The summed E-state index contributed by atoms with van der Waals surface area (Å²) in [5, 5.41) is 11.0. The summed E-state index contributed by atoms with van der Waals surface area (Å²) in [4.78, 5) is 16.3. The fourth-order valence-electron chi connectivity index (χ4n) is 3.56. The molecule has 2 aromatic heterocycles. The van der Waals surface area contributed by atoms with Crippen LogP contribution in [-0.2, 0) is 9.53 Å². The van der Waals surface area contributed by atoms with Crippen molar-refractivity contribution in [2.24, 2.45) is 0 Å². The van der Waals surface area contributed by atoms with Gasteiger partial charge in [0, 0.05) is 25.4 Å². The fourth-order valence-corrected chi connectivity index (χ4v) is 3.56. The van der Waals surface area contributed by atoms with Gasteiger partial charge in [-0.05, 0) is 32.3 Å². The van der Waals surface area contributed by atoms with Crippen molar-refractivity contribution in [3.05, 3.63) is 24.2 Å². The third kappa shape index (κ3) is 2.76. The Balaban J connectivity index is 1.60. The van der Waals surface area contributed by atoms with E-state index >= 15 is 0 Å².